The molecule has 3 rings (SSSR count). The minimum Gasteiger partial charge on any atom is -0.460 e. The molecule has 6 heteroatoms. The molecule has 27 heavy (non-hydrogen) atoms. The maximum atomic E-state index is 12.3. The van der Waals surface area contributed by atoms with Gasteiger partial charge in [0.05, 0.1) is 6.21 Å². The first-order chi connectivity index (χ1) is 13.0. The molecule has 0 aliphatic carbocycles. The van der Waals surface area contributed by atoms with Gasteiger partial charge in [-0.2, -0.15) is 5.10 Å². The Hall–Kier alpha value is -3.67. The summed E-state index contributed by atoms with van der Waals surface area (Å²) in [6.07, 6.45) is 1.43. The topological polar surface area (TPSA) is 83.7 Å². The van der Waals surface area contributed by atoms with Crippen molar-refractivity contribution in [2.24, 2.45) is 5.10 Å². The molecule has 2 N–H and O–H groups in total. The highest BCUT2D eigenvalue weighted by Crippen LogP contribution is 2.13. The number of furan rings is 1. The van der Waals surface area contributed by atoms with E-state index in [0.717, 1.165) is 11.3 Å². The van der Waals surface area contributed by atoms with E-state index in [1.165, 1.54) is 6.21 Å². The van der Waals surface area contributed by atoms with Crippen molar-refractivity contribution in [3.8, 4) is 0 Å². The van der Waals surface area contributed by atoms with Crippen LogP contribution in [0.15, 0.2) is 70.2 Å². The van der Waals surface area contributed by atoms with Crippen LogP contribution < -0.4 is 10.7 Å². The van der Waals surface area contributed by atoms with Gasteiger partial charge in [-0.05, 0) is 61.9 Å². The van der Waals surface area contributed by atoms with Gasteiger partial charge >= 0.3 is 0 Å². The third-order valence-corrected chi connectivity index (χ3v) is 3.91. The van der Waals surface area contributed by atoms with Gasteiger partial charge in [-0.3, -0.25) is 9.59 Å². The third-order valence-electron chi connectivity index (χ3n) is 3.91. The van der Waals surface area contributed by atoms with Crippen LogP contribution in [-0.2, 0) is 0 Å². The van der Waals surface area contributed by atoms with E-state index < -0.39 is 0 Å². The van der Waals surface area contributed by atoms with Crippen LogP contribution in [0.1, 0.15) is 37.8 Å². The summed E-state index contributed by atoms with van der Waals surface area (Å²) in [5.74, 6) is 0.781. The van der Waals surface area contributed by atoms with Gasteiger partial charge in [-0.25, -0.2) is 5.43 Å². The van der Waals surface area contributed by atoms with Crippen LogP contribution in [0.5, 0.6) is 0 Å². The average molecular weight is 361 g/mol. The number of carbonyl (C=O) groups is 2. The van der Waals surface area contributed by atoms with Gasteiger partial charge in [0.2, 0.25) is 0 Å². The number of nitrogens with one attached hydrogen (secondary N) is 2. The van der Waals surface area contributed by atoms with Gasteiger partial charge in [0.1, 0.15) is 11.5 Å². The quantitative estimate of drug-likeness (QED) is 0.534. The van der Waals surface area contributed by atoms with Crippen molar-refractivity contribution < 1.29 is 14.0 Å². The Morgan fingerprint density at radius 3 is 2.33 bits per heavy atom. The molecule has 3 aromatic rings. The lowest BCUT2D eigenvalue weighted by molar-refractivity contribution is 0.0954. The maximum absolute atomic E-state index is 12.3. The fraction of sp³-hybridized carbons (Fsp3) is 0.0952. The molecular formula is C21H19N3O3. The Kier molecular flexibility index (Phi) is 5.47. The van der Waals surface area contributed by atoms with Crippen LogP contribution in [0.25, 0.3) is 0 Å². The second kappa shape index (κ2) is 8.14. The second-order valence-electron chi connectivity index (χ2n) is 5.99. The maximum Gasteiger partial charge on any atom is 0.271 e. The molecule has 0 atom stereocenters. The monoisotopic (exact) mass is 361 g/mol. The lowest BCUT2D eigenvalue weighted by Gasteiger charge is -2.08. The highest BCUT2D eigenvalue weighted by Gasteiger charge is 2.09. The molecule has 0 aliphatic heterocycles. The summed E-state index contributed by atoms with van der Waals surface area (Å²) >= 11 is 0. The van der Waals surface area contributed by atoms with Crippen LogP contribution in [0.3, 0.4) is 0 Å². The van der Waals surface area contributed by atoms with E-state index in [2.05, 4.69) is 15.8 Å². The molecule has 1 heterocycles. The normalized spacial score (nSPS) is 10.7. The number of rotatable bonds is 5. The molecule has 0 fully saturated rings. The summed E-state index contributed by atoms with van der Waals surface area (Å²) in [5.41, 5.74) is 4.98. The molecule has 0 radical (unpaired) electrons. The zero-order chi connectivity index (χ0) is 19.2. The van der Waals surface area contributed by atoms with E-state index in [-0.39, 0.29) is 11.8 Å². The minimum absolute atomic E-state index is 0.191. The van der Waals surface area contributed by atoms with E-state index in [1.54, 1.807) is 36.4 Å². The SMILES string of the molecule is Cc1ccc(/C=N\NC(=O)c2ccc(NC(=O)c3ccccc3C)cc2)o1. The van der Waals surface area contributed by atoms with Crippen molar-refractivity contribution in [3.63, 3.8) is 0 Å². The fourth-order valence-corrected chi connectivity index (χ4v) is 2.47. The van der Waals surface area contributed by atoms with Crippen molar-refractivity contribution >= 4 is 23.7 Å². The first-order valence-corrected chi connectivity index (χ1v) is 8.40. The average Bonchev–Trinajstić information content (AvgIpc) is 3.07. The molecule has 0 spiro atoms. The number of aryl methyl sites for hydroxylation is 2. The van der Waals surface area contributed by atoms with Crippen LogP contribution in [-0.4, -0.2) is 18.0 Å². The Morgan fingerprint density at radius 2 is 1.67 bits per heavy atom. The Balaban J connectivity index is 1.59. The summed E-state index contributed by atoms with van der Waals surface area (Å²) in [6.45, 7) is 3.71. The number of anilines is 1. The van der Waals surface area contributed by atoms with Gasteiger partial charge < -0.3 is 9.73 Å². The summed E-state index contributed by atoms with van der Waals surface area (Å²) in [7, 11) is 0. The molecule has 0 saturated carbocycles. The van der Waals surface area contributed by atoms with E-state index in [4.69, 9.17) is 4.42 Å². The molecule has 0 aliphatic rings. The second-order valence-corrected chi connectivity index (χ2v) is 5.99. The molecule has 0 unspecified atom stereocenters. The van der Waals surface area contributed by atoms with E-state index in [1.807, 2.05) is 38.1 Å². The summed E-state index contributed by atoms with van der Waals surface area (Å²) < 4.78 is 5.33. The molecule has 2 amide bonds. The Labute approximate surface area is 156 Å². The van der Waals surface area contributed by atoms with Crippen molar-refractivity contribution in [1.29, 1.82) is 0 Å². The first kappa shape index (κ1) is 18.1. The predicted molar refractivity (Wildman–Crippen MR) is 104 cm³/mol. The summed E-state index contributed by atoms with van der Waals surface area (Å²) in [5, 5.41) is 6.68. The molecular weight excluding hydrogens is 342 g/mol. The summed E-state index contributed by atoms with van der Waals surface area (Å²) in [6, 6.07) is 17.5. The molecule has 6 nitrogen and oxygen atoms in total. The van der Waals surface area contributed by atoms with Crippen LogP contribution in [0, 0.1) is 13.8 Å². The number of hydrazone groups is 1. The first-order valence-electron chi connectivity index (χ1n) is 8.40. The van der Waals surface area contributed by atoms with E-state index >= 15 is 0 Å². The Morgan fingerprint density at radius 1 is 0.926 bits per heavy atom. The lowest BCUT2D eigenvalue weighted by Crippen LogP contribution is -2.18. The van der Waals surface area contributed by atoms with Gasteiger partial charge in [0.15, 0.2) is 0 Å². The van der Waals surface area contributed by atoms with E-state index in [9.17, 15) is 9.59 Å². The molecule has 0 bridgehead atoms. The highest BCUT2D eigenvalue weighted by atomic mass is 16.3. The number of carbonyl (C=O) groups excluding carboxylic acids is 2. The van der Waals surface area contributed by atoms with Gasteiger partial charge in [-0.15, -0.1) is 0 Å². The zero-order valence-corrected chi connectivity index (χ0v) is 15.0. The van der Waals surface area contributed by atoms with E-state index in [0.29, 0.717) is 22.6 Å². The van der Waals surface area contributed by atoms with Crippen LogP contribution >= 0.6 is 0 Å². The van der Waals surface area contributed by atoms with Crippen molar-refractivity contribution in [3.05, 3.63) is 88.9 Å². The smallest absolute Gasteiger partial charge is 0.271 e. The van der Waals surface area contributed by atoms with Gasteiger partial charge in [0.25, 0.3) is 11.8 Å². The number of nitrogens with zero attached hydrogens (tertiary/aromatic N) is 1. The number of hydrogen-bond donors (Lipinski definition) is 2. The third kappa shape index (κ3) is 4.70. The molecule has 1 aromatic heterocycles. The van der Waals surface area contributed by atoms with Gasteiger partial charge in [0, 0.05) is 16.8 Å². The standard InChI is InChI=1S/C21H19N3O3/c1-14-5-3-4-6-19(14)21(26)23-17-10-8-16(9-11-17)20(25)24-22-13-18-12-7-15(2)27-18/h3-13H,1-2H3,(H,23,26)(H,24,25)/b22-13-. The minimum atomic E-state index is -0.355. The predicted octanol–water partition coefficient (Wildman–Crippen LogP) is 3.91. The Bertz CT molecular complexity index is 988. The molecule has 2 aromatic carbocycles. The number of benzene rings is 2. The fourth-order valence-electron chi connectivity index (χ4n) is 2.47. The zero-order valence-electron chi connectivity index (χ0n) is 15.0. The molecule has 136 valence electrons. The lowest BCUT2D eigenvalue weighted by atomic mass is 10.1. The summed E-state index contributed by atoms with van der Waals surface area (Å²) in [4.78, 5) is 24.4. The van der Waals surface area contributed by atoms with Crippen LogP contribution in [0.4, 0.5) is 5.69 Å². The van der Waals surface area contributed by atoms with Gasteiger partial charge in [-0.1, -0.05) is 18.2 Å². The number of hydrogen-bond acceptors (Lipinski definition) is 4. The van der Waals surface area contributed by atoms with Crippen molar-refractivity contribution in [2.45, 2.75) is 13.8 Å². The van der Waals surface area contributed by atoms with Crippen LogP contribution in [0.2, 0.25) is 0 Å². The highest BCUT2D eigenvalue weighted by molar-refractivity contribution is 6.05. The number of amides is 2. The largest absolute Gasteiger partial charge is 0.460 e. The van der Waals surface area contributed by atoms with Crippen molar-refractivity contribution in [1.82, 2.24) is 5.43 Å². The van der Waals surface area contributed by atoms with Crippen molar-refractivity contribution in [2.75, 3.05) is 5.32 Å². The molecule has 0 saturated heterocycles.